The Morgan fingerprint density at radius 2 is 2.11 bits per heavy atom. The van der Waals surface area contributed by atoms with Crippen LogP contribution in [0.15, 0.2) is 36.9 Å². The van der Waals surface area contributed by atoms with E-state index in [-0.39, 0.29) is 6.10 Å². The van der Waals surface area contributed by atoms with E-state index >= 15 is 0 Å². The summed E-state index contributed by atoms with van der Waals surface area (Å²) in [6, 6.07) is 8.22. The molecule has 0 aliphatic heterocycles. The van der Waals surface area contributed by atoms with Gasteiger partial charge in [0.25, 0.3) is 0 Å². The quantitative estimate of drug-likeness (QED) is 0.508. The first-order chi connectivity index (χ1) is 9.27. The fourth-order valence-electron chi connectivity index (χ4n) is 2.03. The lowest BCUT2D eigenvalue weighted by Gasteiger charge is -2.17. The van der Waals surface area contributed by atoms with E-state index in [1.165, 1.54) is 12.0 Å². The summed E-state index contributed by atoms with van der Waals surface area (Å²) < 4.78 is 6.03. The molecule has 106 valence electrons. The Bertz CT molecular complexity index is 362. The molecule has 0 radical (unpaired) electrons. The van der Waals surface area contributed by atoms with Crippen molar-refractivity contribution >= 4 is 0 Å². The first-order valence-electron chi connectivity index (χ1n) is 7.34. The van der Waals surface area contributed by atoms with Gasteiger partial charge in [0.2, 0.25) is 0 Å². The van der Waals surface area contributed by atoms with Gasteiger partial charge in [-0.05, 0) is 57.3 Å². The van der Waals surface area contributed by atoms with E-state index in [1.807, 2.05) is 24.3 Å². The van der Waals surface area contributed by atoms with Crippen LogP contribution in [0.3, 0.4) is 0 Å². The van der Waals surface area contributed by atoms with Crippen molar-refractivity contribution < 1.29 is 4.74 Å². The molecule has 2 heteroatoms. The van der Waals surface area contributed by atoms with Crippen molar-refractivity contribution in [2.75, 3.05) is 13.1 Å². The molecule has 19 heavy (non-hydrogen) atoms. The molecular formula is C17H27NO. The second-order valence-electron chi connectivity index (χ2n) is 4.92. The van der Waals surface area contributed by atoms with Gasteiger partial charge in [-0.1, -0.05) is 31.2 Å². The second-order valence-corrected chi connectivity index (χ2v) is 4.92. The number of nitrogens with one attached hydrogen (secondary N) is 1. The van der Waals surface area contributed by atoms with Gasteiger partial charge < -0.3 is 10.1 Å². The Labute approximate surface area is 117 Å². The third-order valence-electron chi connectivity index (χ3n) is 3.06. The van der Waals surface area contributed by atoms with Crippen molar-refractivity contribution in [3.63, 3.8) is 0 Å². The Balaban J connectivity index is 2.35. The third-order valence-corrected chi connectivity index (χ3v) is 3.06. The molecule has 2 nitrogen and oxygen atoms in total. The van der Waals surface area contributed by atoms with Crippen LogP contribution in [-0.2, 0) is 6.42 Å². The molecule has 0 amide bonds. The normalized spacial score (nSPS) is 12.1. The average Bonchev–Trinajstić information content (AvgIpc) is 2.41. The van der Waals surface area contributed by atoms with E-state index in [9.17, 15) is 0 Å². The predicted molar refractivity (Wildman–Crippen MR) is 82.8 cm³/mol. The van der Waals surface area contributed by atoms with Crippen LogP contribution in [0.1, 0.15) is 38.7 Å². The van der Waals surface area contributed by atoms with Crippen molar-refractivity contribution in [1.82, 2.24) is 5.32 Å². The maximum absolute atomic E-state index is 6.03. The summed E-state index contributed by atoms with van der Waals surface area (Å²) in [4.78, 5) is 0. The lowest BCUT2D eigenvalue weighted by Crippen LogP contribution is -2.19. The first-order valence-corrected chi connectivity index (χ1v) is 7.34. The SMILES string of the molecule is C=CCc1ccccc1OC(C)CCCNCCC. The molecule has 1 aromatic carbocycles. The number of rotatable bonds is 10. The highest BCUT2D eigenvalue weighted by Gasteiger charge is 2.07. The molecule has 1 rings (SSSR count). The fraction of sp³-hybridized carbons (Fsp3) is 0.529. The molecule has 0 saturated heterocycles. The van der Waals surface area contributed by atoms with E-state index in [0.29, 0.717) is 0 Å². The fourth-order valence-corrected chi connectivity index (χ4v) is 2.03. The van der Waals surface area contributed by atoms with Crippen LogP contribution in [0, 0.1) is 0 Å². The molecule has 0 aromatic heterocycles. The van der Waals surface area contributed by atoms with Crippen LogP contribution >= 0.6 is 0 Å². The van der Waals surface area contributed by atoms with Crippen LogP contribution < -0.4 is 10.1 Å². The predicted octanol–water partition coefficient (Wildman–Crippen LogP) is 3.96. The summed E-state index contributed by atoms with van der Waals surface area (Å²) in [5.74, 6) is 0.997. The van der Waals surface area contributed by atoms with Gasteiger partial charge >= 0.3 is 0 Å². The van der Waals surface area contributed by atoms with Gasteiger partial charge in [-0.25, -0.2) is 0 Å². The first kappa shape index (κ1) is 15.8. The molecular weight excluding hydrogens is 234 g/mol. The number of hydrogen-bond acceptors (Lipinski definition) is 2. The lowest BCUT2D eigenvalue weighted by atomic mass is 10.1. The maximum atomic E-state index is 6.03. The van der Waals surface area contributed by atoms with Gasteiger partial charge in [0.15, 0.2) is 0 Å². The molecule has 0 saturated carbocycles. The van der Waals surface area contributed by atoms with Crippen molar-refractivity contribution in [2.24, 2.45) is 0 Å². The molecule has 1 unspecified atom stereocenters. The molecule has 1 atom stereocenters. The molecule has 1 N–H and O–H groups in total. The second kappa shape index (κ2) is 9.62. The van der Waals surface area contributed by atoms with E-state index in [1.54, 1.807) is 0 Å². The Morgan fingerprint density at radius 1 is 1.32 bits per heavy atom. The van der Waals surface area contributed by atoms with Crippen molar-refractivity contribution in [3.8, 4) is 5.75 Å². The highest BCUT2D eigenvalue weighted by molar-refractivity contribution is 5.34. The highest BCUT2D eigenvalue weighted by atomic mass is 16.5. The van der Waals surface area contributed by atoms with Gasteiger partial charge in [-0.2, -0.15) is 0 Å². The minimum atomic E-state index is 0.259. The zero-order valence-electron chi connectivity index (χ0n) is 12.3. The van der Waals surface area contributed by atoms with Crippen LogP contribution in [-0.4, -0.2) is 19.2 Å². The molecule has 0 heterocycles. The van der Waals surface area contributed by atoms with Crippen molar-refractivity contribution in [2.45, 2.75) is 45.6 Å². The van der Waals surface area contributed by atoms with Crippen LogP contribution in [0.25, 0.3) is 0 Å². The minimum absolute atomic E-state index is 0.259. The van der Waals surface area contributed by atoms with Crippen LogP contribution in [0.5, 0.6) is 5.75 Å². The standard InChI is InChI=1S/C17H27NO/c1-4-9-16-11-6-7-12-17(16)19-15(3)10-8-14-18-13-5-2/h4,6-7,11-12,15,18H,1,5,8-10,13-14H2,2-3H3. The van der Waals surface area contributed by atoms with Crippen LogP contribution in [0.4, 0.5) is 0 Å². The molecule has 0 aliphatic carbocycles. The van der Waals surface area contributed by atoms with E-state index < -0.39 is 0 Å². The smallest absolute Gasteiger partial charge is 0.123 e. The summed E-state index contributed by atoms with van der Waals surface area (Å²) in [6.45, 7) is 10.3. The van der Waals surface area contributed by atoms with Crippen molar-refractivity contribution in [3.05, 3.63) is 42.5 Å². The number of ether oxygens (including phenoxy) is 1. The Morgan fingerprint density at radius 3 is 2.84 bits per heavy atom. The molecule has 0 aliphatic rings. The zero-order chi connectivity index (χ0) is 13.9. The lowest BCUT2D eigenvalue weighted by molar-refractivity contribution is 0.206. The zero-order valence-corrected chi connectivity index (χ0v) is 12.3. The van der Waals surface area contributed by atoms with Gasteiger partial charge in [-0.3, -0.25) is 0 Å². The summed E-state index contributed by atoms with van der Waals surface area (Å²) >= 11 is 0. The summed E-state index contributed by atoms with van der Waals surface area (Å²) in [7, 11) is 0. The van der Waals surface area contributed by atoms with Crippen LogP contribution in [0.2, 0.25) is 0 Å². The number of hydrogen-bond donors (Lipinski definition) is 1. The highest BCUT2D eigenvalue weighted by Crippen LogP contribution is 2.21. The van der Waals surface area contributed by atoms with Gasteiger partial charge in [0.1, 0.15) is 5.75 Å². The summed E-state index contributed by atoms with van der Waals surface area (Å²) in [5, 5.41) is 3.42. The third kappa shape index (κ3) is 6.44. The largest absolute Gasteiger partial charge is 0.490 e. The van der Waals surface area contributed by atoms with E-state index in [0.717, 1.165) is 38.1 Å². The van der Waals surface area contributed by atoms with E-state index in [2.05, 4.69) is 31.8 Å². The number of para-hydroxylation sites is 1. The monoisotopic (exact) mass is 261 g/mol. The topological polar surface area (TPSA) is 21.3 Å². The summed E-state index contributed by atoms with van der Waals surface area (Å²) in [5.41, 5.74) is 1.22. The maximum Gasteiger partial charge on any atom is 0.123 e. The van der Waals surface area contributed by atoms with Gasteiger partial charge in [0.05, 0.1) is 6.10 Å². The molecule has 0 fully saturated rings. The Kier molecular flexibility index (Phi) is 7.99. The van der Waals surface area contributed by atoms with Crippen molar-refractivity contribution in [1.29, 1.82) is 0 Å². The molecule has 0 bridgehead atoms. The summed E-state index contributed by atoms with van der Waals surface area (Å²) in [6.07, 6.45) is 6.47. The molecule has 0 spiro atoms. The average molecular weight is 261 g/mol. The Hall–Kier alpha value is -1.28. The van der Waals surface area contributed by atoms with Gasteiger partial charge in [0, 0.05) is 0 Å². The van der Waals surface area contributed by atoms with Gasteiger partial charge in [-0.15, -0.1) is 6.58 Å². The van der Waals surface area contributed by atoms with E-state index in [4.69, 9.17) is 4.74 Å². The number of allylic oxidation sites excluding steroid dienone is 1. The minimum Gasteiger partial charge on any atom is -0.490 e. The number of benzene rings is 1. The molecule has 1 aromatic rings.